The van der Waals surface area contributed by atoms with E-state index in [0.717, 1.165) is 12.8 Å². The Kier molecular flexibility index (Phi) is 11.7. The summed E-state index contributed by atoms with van der Waals surface area (Å²) in [4.78, 5) is 47.0. The van der Waals surface area contributed by atoms with Crippen molar-refractivity contribution in [1.82, 2.24) is 0 Å². The average molecular weight is 445 g/mol. The van der Waals surface area contributed by atoms with Gasteiger partial charge in [-0.05, 0) is 37.5 Å². The molecule has 1 aliphatic rings. The Labute approximate surface area is 189 Å². The summed E-state index contributed by atoms with van der Waals surface area (Å²) in [6, 6.07) is 0. The zero-order valence-electron chi connectivity index (χ0n) is 19.2. The van der Waals surface area contributed by atoms with Crippen LogP contribution in [0.5, 0.6) is 0 Å². The molecule has 0 spiro atoms. The third kappa shape index (κ3) is 9.29. The van der Waals surface area contributed by atoms with Gasteiger partial charge in [-0.1, -0.05) is 43.4 Å². The molecule has 0 heterocycles. The fourth-order valence-corrected chi connectivity index (χ4v) is 3.13. The molecule has 0 fully saturated rings. The van der Waals surface area contributed by atoms with Gasteiger partial charge in [-0.25, -0.2) is 0 Å². The van der Waals surface area contributed by atoms with Gasteiger partial charge in [0, 0.05) is 32.3 Å². The number of hydrogen-bond donors (Lipinski definition) is 0. The standard InChI is InChI=1S/C25H32O7/c1-5-6-7-8-9-10-17-25(32-20(3)27)18-16-23(28)22(25)13-11-12-21(31-19(2)26)14-15-24(29)30-4/h6-7,9-13,16,18,21H,5,8,14-15,17H2,1-4H3/b7-6-,10-9-,12-11-,22-13-/t21-,25-/m0/s1. The minimum atomic E-state index is -1.19. The van der Waals surface area contributed by atoms with Crippen molar-refractivity contribution in [2.75, 3.05) is 7.11 Å². The minimum Gasteiger partial charge on any atom is -0.469 e. The van der Waals surface area contributed by atoms with Gasteiger partial charge in [0.1, 0.15) is 6.10 Å². The fraction of sp³-hybridized carbons (Fsp3) is 0.440. The van der Waals surface area contributed by atoms with E-state index in [1.165, 1.54) is 27.0 Å². The lowest BCUT2D eigenvalue weighted by Crippen LogP contribution is -2.33. The molecular formula is C25H32O7. The molecule has 7 nitrogen and oxygen atoms in total. The number of methoxy groups -OCH3 is 1. The normalized spacial score (nSPS) is 20.5. The van der Waals surface area contributed by atoms with Crippen LogP contribution in [0.4, 0.5) is 0 Å². The third-order valence-corrected chi connectivity index (χ3v) is 4.58. The second-order valence-corrected chi connectivity index (χ2v) is 7.20. The van der Waals surface area contributed by atoms with Gasteiger partial charge in [0.05, 0.1) is 7.11 Å². The molecule has 174 valence electrons. The first-order chi connectivity index (χ1) is 15.2. The Balaban J connectivity index is 3.06. The second-order valence-electron chi connectivity index (χ2n) is 7.20. The molecule has 0 unspecified atom stereocenters. The summed E-state index contributed by atoms with van der Waals surface area (Å²) in [5.41, 5.74) is -0.895. The number of rotatable bonds is 12. The van der Waals surface area contributed by atoms with Gasteiger partial charge in [-0.3, -0.25) is 19.2 Å². The molecule has 0 aromatic carbocycles. The van der Waals surface area contributed by atoms with Crippen LogP contribution in [-0.4, -0.2) is 42.5 Å². The summed E-state index contributed by atoms with van der Waals surface area (Å²) in [5, 5.41) is 0. The molecule has 0 aliphatic heterocycles. The molecule has 0 aromatic heterocycles. The van der Waals surface area contributed by atoms with Crippen molar-refractivity contribution in [1.29, 1.82) is 0 Å². The molecule has 7 heteroatoms. The van der Waals surface area contributed by atoms with Crippen molar-refractivity contribution >= 4 is 23.7 Å². The number of ether oxygens (including phenoxy) is 3. The smallest absolute Gasteiger partial charge is 0.305 e. The fourth-order valence-electron chi connectivity index (χ4n) is 3.13. The Bertz CT molecular complexity index is 829. The Morgan fingerprint density at radius 2 is 1.81 bits per heavy atom. The number of carbonyl (C=O) groups is 4. The van der Waals surface area contributed by atoms with Crippen molar-refractivity contribution in [2.45, 2.75) is 64.6 Å². The lowest BCUT2D eigenvalue weighted by molar-refractivity contribution is -0.149. The number of carbonyl (C=O) groups excluding carboxylic acids is 4. The summed E-state index contributed by atoms with van der Waals surface area (Å²) in [6.45, 7) is 4.62. The van der Waals surface area contributed by atoms with Crippen LogP contribution >= 0.6 is 0 Å². The van der Waals surface area contributed by atoms with Gasteiger partial charge in [-0.2, -0.15) is 0 Å². The Morgan fingerprint density at radius 3 is 2.44 bits per heavy atom. The molecule has 0 amide bonds. The summed E-state index contributed by atoms with van der Waals surface area (Å²) >= 11 is 0. The average Bonchev–Trinajstić information content (AvgIpc) is 3.03. The van der Waals surface area contributed by atoms with Crippen LogP contribution < -0.4 is 0 Å². The topological polar surface area (TPSA) is 96.0 Å². The second kappa shape index (κ2) is 14.0. The van der Waals surface area contributed by atoms with Crippen molar-refractivity contribution in [3.8, 4) is 0 Å². The van der Waals surface area contributed by atoms with E-state index in [2.05, 4.69) is 17.7 Å². The summed E-state index contributed by atoms with van der Waals surface area (Å²) in [5.74, 6) is -1.69. The minimum absolute atomic E-state index is 0.0739. The monoisotopic (exact) mass is 444 g/mol. The first-order valence-electron chi connectivity index (χ1n) is 10.6. The van der Waals surface area contributed by atoms with Crippen LogP contribution in [0, 0.1) is 0 Å². The summed E-state index contributed by atoms with van der Waals surface area (Å²) < 4.78 is 15.4. The predicted molar refractivity (Wildman–Crippen MR) is 120 cm³/mol. The van der Waals surface area contributed by atoms with Crippen LogP contribution in [0.3, 0.4) is 0 Å². The van der Waals surface area contributed by atoms with Crippen LogP contribution in [0.25, 0.3) is 0 Å². The molecule has 32 heavy (non-hydrogen) atoms. The molecule has 0 saturated heterocycles. The largest absolute Gasteiger partial charge is 0.469 e. The van der Waals surface area contributed by atoms with E-state index in [4.69, 9.17) is 9.47 Å². The molecule has 0 radical (unpaired) electrons. The number of hydrogen-bond acceptors (Lipinski definition) is 7. The van der Waals surface area contributed by atoms with Crippen molar-refractivity contribution < 1.29 is 33.4 Å². The van der Waals surface area contributed by atoms with Gasteiger partial charge in [-0.15, -0.1) is 0 Å². The lowest BCUT2D eigenvalue weighted by atomic mass is 9.91. The lowest BCUT2D eigenvalue weighted by Gasteiger charge is -2.27. The van der Waals surface area contributed by atoms with Gasteiger partial charge >= 0.3 is 17.9 Å². The highest BCUT2D eigenvalue weighted by Crippen LogP contribution is 2.34. The maximum absolute atomic E-state index is 12.5. The van der Waals surface area contributed by atoms with E-state index < -0.39 is 29.6 Å². The molecule has 2 atom stereocenters. The van der Waals surface area contributed by atoms with Gasteiger partial charge in [0.25, 0.3) is 0 Å². The highest BCUT2D eigenvalue weighted by Gasteiger charge is 2.41. The van der Waals surface area contributed by atoms with E-state index in [-0.39, 0.29) is 18.6 Å². The molecular weight excluding hydrogens is 412 g/mol. The number of allylic oxidation sites excluding steroid dienone is 6. The first kappa shape index (κ1) is 26.8. The molecule has 0 aromatic rings. The molecule has 0 bridgehead atoms. The zero-order valence-corrected chi connectivity index (χ0v) is 19.2. The summed E-state index contributed by atoms with van der Waals surface area (Å²) in [6.07, 6.45) is 17.2. The van der Waals surface area contributed by atoms with Gasteiger partial charge in [0.2, 0.25) is 0 Å². The third-order valence-electron chi connectivity index (χ3n) is 4.58. The van der Waals surface area contributed by atoms with E-state index in [0.29, 0.717) is 12.0 Å². The van der Waals surface area contributed by atoms with Gasteiger partial charge in [0.15, 0.2) is 11.4 Å². The van der Waals surface area contributed by atoms with Crippen molar-refractivity contribution in [3.05, 3.63) is 60.3 Å². The highest BCUT2D eigenvalue weighted by atomic mass is 16.6. The first-order valence-corrected chi connectivity index (χ1v) is 10.6. The van der Waals surface area contributed by atoms with Crippen LogP contribution in [0.15, 0.2) is 60.3 Å². The van der Waals surface area contributed by atoms with Crippen molar-refractivity contribution in [2.24, 2.45) is 0 Å². The van der Waals surface area contributed by atoms with Gasteiger partial charge < -0.3 is 14.2 Å². The van der Waals surface area contributed by atoms with Crippen LogP contribution in [0.2, 0.25) is 0 Å². The van der Waals surface area contributed by atoms with E-state index >= 15 is 0 Å². The number of esters is 3. The maximum atomic E-state index is 12.5. The number of ketones is 1. The summed E-state index contributed by atoms with van der Waals surface area (Å²) in [7, 11) is 1.28. The molecule has 0 saturated carbocycles. The Hall–Kier alpha value is -3.22. The van der Waals surface area contributed by atoms with Crippen molar-refractivity contribution in [3.63, 3.8) is 0 Å². The van der Waals surface area contributed by atoms with E-state index in [1.54, 1.807) is 24.3 Å². The highest BCUT2D eigenvalue weighted by molar-refractivity contribution is 6.09. The molecule has 1 aliphatic carbocycles. The molecule has 1 rings (SSSR count). The Morgan fingerprint density at radius 1 is 1.09 bits per heavy atom. The van der Waals surface area contributed by atoms with E-state index in [9.17, 15) is 19.2 Å². The predicted octanol–water partition coefficient (Wildman–Crippen LogP) is 4.10. The quantitative estimate of drug-likeness (QED) is 0.193. The zero-order chi connectivity index (χ0) is 24.0. The SMILES string of the molecule is CC/C=C\C/C=C\C[C@]1(OC(C)=O)C=CC(=O)/C1=C/C=C\[C@@H](CCC(=O)OC)OC(C)=O. The van der Waals surface area contributed by atoms with E-state index in [1.807, 2.05) is 18.2 Å². The van der Waals surface area contributed by atoms with Crippen LogP contribution in [0.1, 0.15) is 52.9 Å². The molecule has 0 N–H and O–H groups in total. The van der Waals surface area contributed by atoms with Crippen LogP contribution in [-0.2, 0) is 33.4 Å². The maximum Gasteiger partial charge on any atom is 0.305 e.